The monoisotopic (exact) mass is 243 g/mol. The molecule has 0 amide bonds. The van der Waals surface area contributed by atoms with Gasteiger partial charge in [-0.15, -0.1) is 0 Å². The lowest BCUT2D eigenvalue weighted by Gasteiger charge is -2.15. The van der Waals surface area contributed by atoms with E-state index in [2.05, 4.69) is 53.2 Å². The first-order valence-corrected chi connectivity index (χ1v) is 6.54. The van der Waals surface area contributed by atoms with Crippen molar-refractivity contribution in [2.24, 2.45) is 0 Å². The summed E-state index contributed by atoms with van der Waals surface area (Å²) in [5.74, 6) is 0. The Hall–Kier alpha value is -1.61. The van der Waals surface area contributed by atoms with Crippen molar-refractivity contribution in [1.82, 2.24) is 15.1 Å². The summed E-state index contributed by atoms with van der Waals surface area (Å²) in [6, 6.07) is 10.9. The van der Waals surface area contributed by atoms with Crippen molar-refractivity contribution in [3.8, 4) is 11.3 Å². The summed E-state index contributed by atoms with van der Waals surface area (Å²) in [5, 5.41) is 7.77. The molecule has 0 aliphatic carbocycles. The molecule has 0 radical (unpaired) electrons. The highest BCUT2D eigenvalue weighted by atomic mass is 15.3. The van der Waals surface area contributed by atoms with Crippen molar-refractivity contribution in [3.05, 3.63) is 42.1 Å². The van der Waals surface area contributed by atoms with Gasteiger partial charge in [0.15, 0.2) is 0 Å². The Morgan fingerprint density at radius 1 is 1.28 bits per heavy atom. The minimum atomic E-state index is 0.422. The normalized spacial score (nSPS) is 12.6. The molecular formula is C15H21N3. The molecule has 0 aliphatic rings. The van der Waals surface area contributed by atoms with Crippen LogP contribution in [0, 0.1) is 0 Å². The molecule has 0 saturated carbocycles. The van der Waals surface area contributed by atoms with Crippen LogP contribution in [-0.2, 0) is 6.54 Å². The molecule has 18 heavy (non-hydrogen) atoms. The Balaban J connectivity index is 2.50. The molecule has 2 rings (SSSR count). The second kappa shape index (κ2) is 5.83. The van der Waals surface area contributed by atoms with Crippen LogP contribution in [0.1, 0.15) is 31.9 Å². The van der Waals surface area contributed by atoms with Gasteiger partial charge in [0.05, 0.1) is 11.9 Å². The van der Waals surface area contributed by atoms with E-state index in [4.69, 9.17) is 0 Å². The third kappa shape index (κ3) is 2.46. The smallest absolute Gasteiger partial charge is 0.0730 e. The average molecular weight is 243 g/mol. The lowest BCUT2D eigenvalue weighted by molar-refractivity contribution is 0.482. The Bertz CT molecular complexity index is 488. The van der Waals surface area contributed by atoms with Gasteiger partial charge in [-0.3, -0.25) is 4.68 Å². The predicted octanol–water partition coefficient (Wildman–Crippen LogP) is 3.24. The third-order valence-corrected chi connectivity index (χ3v) is 3.29. The molecule has 1 aromatic carbocycles. The standard InChI is InChI=1S/C15H21N3/c1-4-12(2)18-15(13-8-6-5-7-9-13)14(10-16-3)11-17-18/h5-9,11-12,16H,4,10H2,1-3H3. The molecular weight excluding hydrogens is 222 g/mol. The molecule has 3 nitrogen and oxygen atoms in total. The Morgan fingerprint density at radius 2 is 2.00 bits per heavy atom. The molecule has 1 heterocycles. The zero-order valence-electron chi connectivity index (χ0n) is 11.4. The maximum absolute atomic E-state index is 4.56. The van der Waals surface area contributed by atoms with Crippen molar-refractivity contribution in [2.75, 3.05) is 7.05 Å². The Labute approximate surface area is 109 Å². The van der Waals surface area contributed by atoms with Crippen molar-refractivity contribution in [3.63, 3.8) is 0 Å². The highest BCUT2D eigenvalue weighted by Crippen LogP contribution is 2.27. The molecule has 3 heteroatoms. The lowest BCUT2D eigenvalue weighted by Crippen LogP contribution is -2.10. The molecule has 0 bridgehead atoms. The summed E-state index contributed by atoms with van der Waals surface area (Å²) in [7, 11) is 1.97. The van der Waals surface area contributed by atoms with Gasteiger partial charge in [0.25, 0.3) is 0 Å². The van der Waals surface area contributed by atoms with Crippen LogP contribution in [0.3, 0.4) is 0 Å². The van der Waals surface area contributed by atoms with Gasteiger partial charge in [0.2, 0.25) is 0 Å². The first kappa shape index (κ1) is 12.8. The zero-order chi connectivity index (χ0) is 13.0. The highest BCUT2D eigenvalue weighted by Gasteiger charge is 2.15. The van der Waals surface area contributed by atoms with Gasteiger partial charge in [-0.2, -0.15) is 5.10 Å². The van der Waals surface area contributed by atoms with E-state index in [0.717, 1.165) is 13.0 Å². The van der Waals surface area contributed by atoms with Crippen LogP contribution >= 0.6 is 0 Å². The van der Waals surface area contributed by atoms with E-state index < -0.39 is 0 Å². The SMILES string of the molecule is CCC(C)n1ncc(CNC)c1-c1ccccc1. The quantitative estimate of drug-likeness (QED) is 0.873. The van der Waals surface area contributed by atoms with E-state index >= 15 is 0 Å². The van der Waals surface area contributed by atoms with Crippen molar-refractivity contribution >= 4 is 0 Å². The number of hydrogen-bond acceptors (Lipinski definition) is 2. The van der Waals surface area contributed by atoms with Crippen LogP contribution in [0.2, 0.25) is 0 Å². The molecule has 1 N–H and O–H groups in total. The molecule has 0 saturated heterocycles. The number of aromatic nitrogens is 2. The Morgan fingerprint density at radius 3 is 2.61 bits per heavy atom. The fraction of sp³-hybridized carbons (Fsp3) is 0.400. The third-order valence-electron chi connectivity index (χ3n) is 3.29. The maximum atomic E-state index is 4.56. The van der Waals surface area contributed by atoms with Gasteiger partial charge in [0, 0.05) is 23.7 Å². The van der Waals surface area contributed by atoms with Gasteiger partial charge in [-0.1, -0.05) is 37.3 Å². The van der Waals surface area contributed by atoms with Crippen LogP contribution in [0.5, 0.6) is 0 Å². The van der Waals surface area contributed by atoms with Crippen LogP contribution in [-0.4, -0.2) is 16.8 Å². The number of benzene rings is 1. The largest absolute Gasteiger partial charge is 0.316 e. The fourth-order valence-electron chi connectivity index (χ4n) is 2.14. The van der Waals surface area contributed by atoms with E-state index in [1.165, 1.54) is 16.8 Å². The van der Waals surface area contributed by atoms with E-state index in [9.17, 15) is 0 Å². The summed E-state index contributed by atoms with van der Waals surface area (Å²) < 4.78 is 2.14. The molecule has 1 aromatic heterocycles. The summed E-state index contributed by atoms with van der Waals surface area (Å²) >= 11 is 0. The molecule has 0 spiro atoms. The van der Waals surface area contributed by atoms with Crippen LogP contribution in [0.15, 0.2) is 36.5 Å². The molecule has 0 fully saturated rings. The van der Waals surface area contributed by atoms with E-state index in [1.54, 1.807) is 0 Å². The molecule has 96 valence electrons. The van der Waals surface area contributed by atoms with Crippen molar-refractivity contribution in [1.29, 1.82) is 0 Å². The molecule has 2 aromatic rings. The van der Waals surface area contributed by atoms with Crippen LogP contribution < -0.4 is 5.32 Å². The first-order chi connectivity index (χ1) is 8.77. The van der Waals surface area contributed by atoms with E-state index in [1.807, 2.05) is 19.3 Å². The first-order valence-electron chi connectivity index (χ1n) is 6.54. The van der Waals surface area contributed by atoms with Gasteiger partial charge >= 0.3 is 0 Å². The molecule has 1 unspecified atom stereocenters. The number of nitrogens with zero attached hydrogens (tertiary/aromatic N) is 2. The molecule has 0 aliphatic heterocycles. The lowest BCUT2D eigenvalue weighted by atomic mass is 10.1. The van der Waals surface area contributed by atoms with Gasteiger partial charge in [0.1, 0.15) is 0 Å². The fourth-order valence-corrected chi connectivity index (χ4v) is 2.14. The number of nitrogens with one attached hydrogen (secondary N) is 1. The van der Waals surface area contributed by atoms with Crippen molar-refractivity contribution in [2.45, 2.75) is 32.9 Å². The van der Waals surface area contributed by atoms with Gasteiger partial charge in [-0.05, 0) is 20.4 Å². The molecule has 1 atom stereocenters. The average Bonchev–Trinajstić information content (AvgIpc) is 2.83. The summed E-state index contributed by atoms with van der Waals surface area (Å²) in [5.41, 5.74) is 3.73. The Kier molecular flexibility index (Phi) is 4.15. The summed E-state index contributed by atoms with van der Waals surface area (Å²) in [6.07, 6.45) is 3.06. The summed E-state index contributed by atoms with van der Waals surface area (Å²) in [4.78, 5) is 0. The van der Waals surface area contributed by atoms with Gasteiger partial charge in [-0.25, -0.2) is 0 Å². The van der Waals surface area contributed by atoms with Gasteiger partial charge < -0.3 is 5.32 Å². The van der Waals surface area contributed by atoms with E-state index in [0.29, 0.717) is 6.04 Å². The van der Waals surface area contributed by atoms with Crippen LogP contribution in [0.25, 0.3) is 11.3 Å². The predicted molar refractivity (Wildman–Crippen MR) is 75.4 cm³/mol. The minimum absolute atomic E-state index is 0.422. The second-order valence-corrected chi connectivity index (χ2v) is 4.62. The highest BCUT2D eigenvalue weighted by molar-refractivity contribution is 5.63. The topological polar surface area (TPSA) is 29.9 Å². The minimum Gasteiger partial charge on any atom is -0.316 e. The zero-order valence-corrected chi connectivity index (χ0v) is 11.4. The van der Waals surface area contributed by atoms with Crippen LogP contribution in [0.4, 0.5) is 0 Å². The number of hydrogen-bond donors (Lipinski definition) is 1. The van der Waals surface area contributed by atoms with Crippen molar-refractivity contribution < 1.29 is 0 Å². The second-order valence-electron chi connectivity index (χ2n) is 4.62. The maximum Gasteiger partial charge on any atom is 0.0730 e. The summed E-state index contributed by atoms with van der Waals surface area (Å²) in [6.45, 7) is 5.25. The number of rotatable bonds is 5. The van der Waals surface area contributed by atoms with E-state index in [-0.39, 0.29) is 0 Å².